The summed E-state index contributed by atoms with van der Waals surface area (Å²) >= 11 is 7.15. The number of allylic oxidation sites excluding steroid dienone is 2. The van der Waals surface area contributed by atoms with Gasteiger partial charge in [0, 0.05) is 11.9 Å². The van der Waals surface area contributed by atoms with Gasteiger partial charge in [-0.2, -0.15) is 5.26 Å². The number of thioether (sulfide) groups is 1. The lowest BCUT2D eigenvalue weighted by atomic mass is 10.2. The molecule has 0 fully saturated rings. The fourth-order valence-electron chi connectivity index (χ4n) is 1.21. The molecule has 80 valence electrons. The minimum Gasteiger partial charge on any atom is -0.352 e. The minimum absolute atomic E-state index is 0.138. The third-order valence-corrected chi connectivity index (χ3v) is 3.08. The number of halogens is 1. The Bertz CT molecular complexity index is 530. The van der Waals surface area contributed by atoms with Crippen LogP contribution in [0.1, 0.15) is 12.6 Å². The van der Waals surface area contributed by atoms with E-state index in [1.54, 1.807) is 6.07 Å². The summed E-state index contributed by atoms with van der Waals surface area (Å²) in [6.07, 6.45) is 1.53. The number of hydrogen-bond donors (Lipinski definition) is 1. The average Bonchev–Trinajstić information content (AvgIpc) is 2.66. The summed E-state index contributed by atoms with van der Waals surface area (Å²) in [5.74, 6) is 0. The van der Waals surface area contributed by atoms with Gasteiger partial charge in [0.25, 0.3) is 0 Å². The van der Waals surface area contributed by atoms with E-state index in [-0.39, 0.29) is 5.28 Å². The van der Waals surface area contributed by atoms with Crippen LogP contribution >= 0.6 is 23.4 Å². The first-order valence-electron chi connectivity index (χ1n) is 4.44. The molecule has 0 radical (unpaired) electrons. The molecule has 2 heterocycles. The van der Waals surface area contributed by atoms with Crippen molar-refractivity contribution in [2.45, 2.75) is 6.92 Å². The van der Waals surface area contributed by atoms with E-state index in [2.05, 4.69) is 21.4 Å². The Kier molecular flexibility index (Phi) is 3.13. The van der Waals surface area contributed by atoms with Crippen LogP contribution in [0.3, 0.4) is 0 Å². The largest absolute Gasteiger partial charge is 0.352 e. The Labute approximate surface area is 102 Å². The molecule has 0 aliphatic carbocycles. The normalized spacial score (nSPS) is 17.4. The monoisotopic (exact) mass is 250 g/mol. The van der Waals surface area contributed by atoms with Crippen LogP contribution in [-0.2, 0) is 0 Å². The average molecular weight is 251 g/mol. The summed E-state index contributed by atoms with van der Waals surface area (Å²) in [5.41, 5.74) is 2.01. The second-order valence-electron chi connectivity index (χ2n) is 3.07. The van der Waals surface area contributed by atoms with Gasteiger partial charge in [0.1, 0.15) is 11.6 Å². The Hall–Kier alpha value is -1.51. The number of nitrogens with zero attached hydrogens (tertiary/aromatic N) is 3. The molecule has 0 amide bonds. The first-order chi connectivity index (χ1) is 7.70. The van der Waals surface area contributed by atoms with E-state index in [1.165, 1.54) is 18.0 Å². The Morgan fingerprint density at radius 1 is 1.62 bits per heavy atom. The second-order valence-corrected chi connectivity index (χ2v) is 4.29. The predicted octanol–water partition coefficient (Wildman–Crippen LogP) is 2.52. The number of nitriles is 1. The van der Waals surface area contributed by atoms with Crippen molar-refractivity contribution in [2.75, 3.05) is 0 Å². The molecule has 0 saturated carbocycles. The lowest BCUT2D eigenvalue weighted by Crippen LogP contribution is -2.05. The summed E-state index contributed by atoms with van der Waals surface area (Å²) < 4.78 is 0. The second kappa shape index (κ2) is 4.56. The van der Waals surface area contributed by atoms with Crippen molar-refractivity contribution in [1.29, 1.82) is 5.26 Å². The molecule has 1 aliphatic rings. The quantitative estimate of drug-likeness (QED) is 0.613. The molecule has 0 aromatic carbocycles. The smallest absolute Gasteiger partial charge is 0.222 e. The molecule has 0 spiro atoms. The van der Waals surface area contributed by atoms with Crippen molar-refractivity contribution in [3.05, 3.63) is 39.4 Å². The number of aromatic nitrogens is 2. The molecule has 1 aromatic rings. The molecule has 2 rings (SSSR count). The standard InChI is InChI=1S/C10H7ClN4S/c1-6-5-16-9(14-6)7(4-12)8-2-3-13-10(11)15-8/h2-3,5,14H,1H3/b9-7-. The van der Waals surface area contributed by atoms with Gasteiger partial charge in [-0.05, 0) is 30.0 Å². The van der Waals surface area contributed by atoms with Crippen molar-refractivity contribution in [2.24, 2.45) is 0 Å². The van der Waals surface area contributed by atoms with Gasteiger partial charge in [0.05, 0.1) is 10.7 Å². The van der Waals surface area contributed by atoms with Crippen molar-refractivity contribution in [1.82, 2.24) is 15.3 Å². The van der Waals surface area contributed by atoms with Crippen LogP contribution in [0.25, 0.3) is 5.57 Å². The Morgan fingerprint density at radius 3 is 3.00 bits per heavy atom. The summed E-state index contributed by atoms with van der Waals surface area (Å²) in [5, 5.41) is 15.1. The number of rotatable bonds is 1. The van der Waals surface area contributed by atoms with Gasteiger partial charge < -0.3 is 5.32 Å². The zero-order valence-electron chi connectivity index (χ0n) is 8.36. The molecule has 0 bridgehead atoms. The molecule has 1 aromatic heterocycles. The summed E-state index contributed by atoms with van der Waals surface area (Å²) in [6, 6.07) is 3.78. The summed E-state index contributed by atoms with van der Waals surface area (Å²) in [7, 11) is 0. The van der Waals surface area contributed by atoms with E-state index in [0.29, 0.717) is 11.3 Å². The maximum absolute atomic E-state index is 9.13. The zero-order chi connectivity index (χ0) is 11.5. The van der Waals surface area contributed by atoms with Gasteiger partial charge in [-0.3, -0.25) is 0 Å². The van der Waals surface area contributed by atoms with Crippen LogP contribution in [0.5, 0.6) is 0 Å². The maximum atomic E-state index is 9.13. The molecule has 6 heteroatoms. The lowest BCUT2D eigenvalue weighted by molar-refractivity contribution is 1.06. The van der Waals surface area contributed by atoms with Gasteiger partial charge >= 0.3 is 0 Å². The minimum atomic E-state index is 0.138. The van der Waals surface area contributed by atoms with E-state index in [0.717, 1.165) is 10.7 Å². The van der Waals surface area contributed by atoms with Crippen molar-refractivity contribution in [3.8, 4) is 6.07 Å². The van der Waals surface area contributed by atoms with Crippen LogP contribution < -0.4 is 5.32 Å². The summed E-state index contributed by atoms with van der Waals surface area (Å²) in [6.45, 7) is 1.93. The molecule has 0 saturated heterocycles. The van der Waals surface area contributed by atoms with Crippen molar-refractivity contribution >= 4 is 28.9 Å². The first-order valence-corrected chi connectivity index (χ1v) is 5.70. The molecule has 0 atom stereocenters. The topological polar surface area (TPSA) is 61.6 Å². The highest BCUT2D eigenvalue weighted by molar-refractivity contribution is 8.06. The van der Waals surface area contributed by atoms with Crippen molar-refractivity contribution < 1.29 is 0 Å². The highest BCUT2D eigenvalue weighted by Crippen LogP contribution is 2.30. The lowest BCUT2D eigenvalue weighted by Gasteiger charge is -2.04. The summed E-state index contributed by atoms with van der Waals surface area (Å²) in [4.78, 5) is 7.79. The molecule has 4 nitrogen and oxygen atoms in total. The number of nitrogens with one attached hydrogen (secondary N) is 1. The highest BCUT2D eigenvalue weighted by atomic mass is 35.5. The van der Waals surface area contributed by atoms with E-state index in [1.807, 2.05) is 12.3 Å². The molecule has 0 unspecified atom stereocenters. The fraction of sp³-hybridized carbons (Fsp3) is 0.100. The van der Waals surface area contributed by atoms with Crippen molar-refractivity contribution in [3.63, 3.8) is 0 Å². The molecule has 1 N–H and O–H groups in total. The van der Waals surface area contributed by atoms with Crippen LogP contribution in [0.2, 0.25) is 5.28 Å². The Morgan fingerprint density at radius 2 is 2.44 bits per heavy atom. The third kappa shape index (κ3) is 2.18. The molecule has 16 heavy (non-hydrogen) atoms. The molecular formula is C10H7ClN4S. The SMILES string of the molecule is CC1=CS/C(=C(/C#N)c2ccnc(Cl)n2)N1. The van der Waals surface area contributed by atoms with Crippen LogP contribution in [0, 0.1) is 11.3 Å². The number of hydrogen-bond acceptors (Lipinski definition) is 5. The van der Waals surface area contributed by atoms with E-state index in [9.17, 15) is 0 Å². The van der Waals surface area contributed by atoms with Crippen LogP contribution in [0.15, 0.2) is 28.4 Å². The van der Waals surface area contributed by atoms with Crippen LogP contribution in [-0.4, -0.2) is 9.97 Å². The Balaban J connectivity index is 2.42. The first kappa shape index (κ1) is 11.0. The predicted molar refractivity (Wildman–Crippen MR) is 64.1 cm³/mol. The van der Waals surface area contributed by atoms with E-state index in [4.69, 9.17) is 16.9 Å². The van der Waals surface area contributed by atoms with Gasteiger partial charge in [-0.15, -0.1) is 0 Å². The fourth-order valence-corrected chi connectivity index (χ4v) is 2.19. The molecular weight excluding hydrogens is 244 g/mol. The zero-order valence-corrected chi connectivity index (χ0v) is 9.93. The van der Waals surface area contributed by atoms with E-state index < -0.39 is 0 Å². The van der Waals surface area contributed by atoms with Gasteiger partial charge in [0.2, 0.25) is 5.28 Å². The van der Waals surface area contributed by atoms with Crippen LogP contribution in [0.4, 0.5) is 0 Å². The van der Waals surface area contributed by atoms with E-state index >= 15 is 0 Å². The van der Waals surface area contributed by atoms with Gasteiger partial charge in [-0.1, -0.05) is 11.8 Å². The molecule has 1 aliphatic heterocycles. The third-order valence-electron chi connectivity index (χ3n) is 1.89. The van der Waals surface area contributed by atoms with Gasteiger partial charge in [0.15, 0.2) is 0 Å². The highest BCUT2D eigenvalue weighted by Gasteiger charge is 2.15. The maximum Gasteiger partial charge on any atom is 0.222 e. The van der Waals surface area contributed by atoms with Gasteiger partial charge in [-0.25, -0.2) is 9.97 Å².